The number of hydrogen-bond donors (Lipinski definition) is 1. The van der Waals surface area contributed by atoms with Crippen molar-refractivity contribution in [3.63, 3.8) is 0 Å². The third-order valence-corrected chi connectivity index (χ3v) is 3.21. The molecule has 16 heavy (non-hydrogen) atoms. The van der Waals surface area contributed by atoms with Crippen molar-refractivity contribution >= 4 is 22.7 Å². The van der Waals surface area contributed by atoms with Crippen LogP contribution in [0.15, 0.2) is 22.6 Å². The largest absolute Gasteiger partial charge is 0.441 e. The molecule has 1 aliphatic heterocycles. The Balaban J connectivity index is 1.86. The zero-order chi connectivity index (χ0) is 11.0. The molecule has 0 saturated carbocycles. The predicted octanol–water partition coefficient (Wildman–Crippen LogP) is 2.78. The van der Waals surface area contributed by atoms with Gasteiger partial charge < -0.3 is 9.73 Å². The van der Waals surface area contributed by atoms with E-state index in [0.29, 0.717) is 11.1 Å². The van der Waals surface area contributed by atoms with E-state index in [2.05, 4.69) is 10.3 Å². The molecule has 0 radical (unpaired) electrons. The molecule has 1 N–H and O–H groups in total. The SMILES string of the molecule is Clc1ccc2oc(CC3CCCN3)nc2c1. The fraction of sp³-hybridized carbons (Fsp3) is 0.417. The zero-order valence-corrected chi connectivity index (χ0v) is 9.63. The second kappa shape index (κ2) is 4.07. The Morgan fingerprint density at radius 3 is 3.25 bits per heavy atom. The standard InChI is InChI=1S/C12H13ClN2O/c13-8-3-4-11-10(6-8)15-12(16-11)7-9-2-1-5-14-9/h3-4,6,9,14H,1-2,5,7H2. The second-order valence-corrected chi connectivity index (χ2v) is 4.65. The number of hydrogen-bond acceptors (Lipinski definition) is 3. The highest BCUT2D eigenvalue weighted by atomic mass is 35.5. The number of oxazole rings is 1. The summed E-state index contributed by atoms with van der Waals surface area (Å²) >= 11 is 5.90. The molecule has 84 valence electrons. The molecule has 1 aromatic heterocycles. The van der Waals surface area contributed by atoms with Crippen molar-refractivity contribution in [2.24, 2.45) is 0 Å². The Morgan fingerprint density at radius 1 is 1.50 bits per heavy atom. The van der Waals surface area contributed by atoms with Crippen LogP contribution in [-0.4, -0.2) is 17.6 Å². The van der Waals surface area contributed by atoms with Gasteiger partial charge in [0.05, 0.1) is 0 Å². The summed E-state index contributed by atoms with van der Waals surface area (Å²) in [5, 5.41) is 4.14. The average molecular weight is 237 g/mol. The van der Waals surface area contributed by atoms with Crippen molar-refractivity contribution in [2.45, 2.75) is 25.3 Å². The van der Waals surface area contributed by atoms with Crippen LogP contribution in [0.2, 0.25) is 5.02 Å². The van der Waals surface area contributed by atoms with E-state index in [1.807, 2.05) is 18.2 Å². The topological polar surface area (TPSA) is 38.1 Å². The number of nitrogens with zero attached hydrogens (tertiary/aromatic N) is 1. The van der Waals surface area contributed by atoms with Gasteiger partial charge in [-0.15, -0.1) is 0 Å². The minimum atomic E-state index is 0.517. The van der Waals surface area contributed by atoms with Crippen molar-refractivity contribution in [2.75, 3.05) is 6.54 Å². The summed E-state index contributed by atoms with van der Waals surface area (Å²) in [5.41, 5.74) is 1.66. The van der Waals surface area contributed by atoms with E-state index in [1.54, 1.807) is 0 Å². The second-order valence-electron chi connectivity index (χ2n) is 4.22. The Bertz CT molecular complexity index is 503. The molecule has 1 saturated heterocycles. The Hall–Kier alpha value is -1.06. The number of halogens is 1. The van der Waals surface area contributed by atoms with Crippen molar-refractivity contribution < 1.29 is 4.42 Å². The fourth-order valence-electron chi connectivity index (χ4n) is 2.18. The molecule has 1 atom stereocenters. The summed E-state index contributed by atoms with van der Waals surface area (Å²) in [7, 11) is 0. The normalized spacial score (nSPS) is 20.7. The lowest BCUT2D eigenvalue weighted by Crippen LogP contribution is -2.23. The zero-order valence-electron chi connectivity index (χ0n) is 8.87. The van der Waals surface area contributed by atoms with Crippen LogP contribution in [0.5, 0.6) is 0 Å². The van der Waals surface area contributed by atoms with E-state index >= 15 is 0 Å². The number of aromatic nitrogens is 1. The fourth-order valence-corrected chi connectivity index (χ4v) is 2.34. The lowest BCUT2D eigenvalue weighted by molar-refractivity contribution is 0.478. The van der Waals surface area contributed by atoms with Gasteiger partial charge in [0.1, 0.15) is 5.52 Å². The average Bonchev–Trinajstić information content (AvgIpc) is 2.86. The van der Waals surface area contributed by atoms with Crippen molar-refractivity contribution in [1.82, 2.24) is 10.3 Å². The molecule has 4 heteroatoms. The summed E-state index contributed by atoms with van der Waals surface area (Å²) in [5.74, 6) is 0.802. The van der Waals surface area contributed by atoms with Gasteiger partial charge in [0.25, 0.3) is 0 Å². The molecule has 1 aromatic carbocycles. The molecular weight excluding hydrogens is 224 g/mol. The first kappa shape index (κ1) is 10.1. The quantitative estimate of drug-likeness (QED) is 0.872. The van der Waals surface area contributed by atoms with Crippen LogP contribution in [0, 0.1) is 0 Å². The van der Waals surface area contributed by atoms with E-state index < -0.39 is 0 Å². The van der Waals surface area contributed by atoms with E-state index in [9.17, 15) is 0 Å². The molecule has 1 aliphatic rings. The molecule has 3 rings (SSSR count). The lowest BCUT2D eigenvalue weighted by Gasteiger charge is -2.05. The molecule has 0 amide bonds. The van der Waals surface area contributed by atoms with Gasteiger partial charge in [-0.05, 0) is 37.6 Å². The highest BCUT2D eigenvalue weighted by Gasteiger charge is 2.17. The van der Waals surface area contributed by atoms with Crippen molar-refractivity contribution in [1.29, 1.82) is 0 Å². The molecule has 0 bridgehead atoms. The molecule has 2 aromatic rings. The van der Waals surface area contributed by atoms with Gasteiger partial charge in [-0.1, -0.05) is 11.6 Å². The number of nitrogens with one attached hydrogen (secondary N) is 1. The molecular formula is C12H13ClN2O. The maximum Gasteiger partial charge on any atom is 0.197 e. The lowest BCUT2D eigenvalue weighted by atomic mass is 10.2. The monoisotopic (exact) mass is 236 g/mol. The number of rotatable bonds is 2. The Labute approximate surface area is 98.8 Å². The van der Waals surface area contributed by atoms with Crippen LogP contribution >= 0.6 is 11.6 Å². The summed E-state index contributed by atoms with van der Waals surface area (Å²) in [6.45, 7) is 1.11. The first-order valence-electron chi connectivity index (χ1n) is 5.59. The highest BCUT2D eigenvalue weighted by molar-refractivity contribution is 6.31. The molecule has 1 fully saturated rings. The predicted molar refractivity (Wildman–Crippen MR) is 63.7 cm³/mol. The molecule has 1 unspecified atom stereocenters. The van der Waals surface area contributed by atoms with Crippen LogP contribution in [0.4, 0.5) is 0 Å². The Morgan fingerprint density at radius 2 is 2.44 bits per heavy atom. The molecule has 3 nitrogen and oxygen atoms in total. The van der Waals surface area contributed by atoms with Gasteiger partial charge in [-0.3, -0.25) is 0 Å². The van der Waals surface area contributed by atoms with Gasteiger partial charge in [0.15, 0.2) is 11.5 Å². The summed E-state index contributed by atoms with van der Waals surface area (Å²) < 4.78 is 5.68. The van der Waals surface area contributed by atoms with Crippen molar-refractivity contribution in [3.05, 3.63) is 29.1 Å². The molecule has 0 spiro atoms. The summed E-state index contributed by atoms with van der Waals surface area (Å²) in [6.07, 6.45) is 3.32. The third-order valence-electron chi connectivity index (χ3n) is 2.98. The van der Waals surface area contributed by atoms with Gasteiger partial charge in [0, 0.05) is 17.5 Å². The minimum Gasteiger partial charge on any atom is -0.441 e. The number of benzene rings is 1. The van der Waals surface area contributed by atoms with E-state index in [1.165, 1.54) is 12.8 Å². The van der Waals surface area contributed by atoms with Crippen LogP contribution in [0.1, 0.15) is 18.7 Å². The summed E-state index contributed by atoms with van der Waals surface area (Å²) in [4.78, 5) is 4.45. The third kappa shape index (κ3) is 1.93. The molecule has 2 heterocycles. The van der Waals surface area contributed by atoms with Gasteiger partial charge in [0.2, 0.25) is 0 Å². The van der Waals surface area contributed by atoms with E-state index in [4.69, 9.17) is 16.0 Å². The highest BCUT2D eigenvalue weighted by Crippen LogP contribution is 2.21. The van der Waals surface area contributed by atoms with Gasteiger partial charge in [-0.2, -0.15) is 0 Å². The Kier molecular flexibility index (Phi) is 2.58. The first-order valence-corrected chi connectivity index (χ1v) is 5.97. The summed E-state index contributed by atoms with van der Waals surface area (Å²) in [6, 6.07) is 6.05. The first-order chi connectivity index (χ1) is 7.81. The van der Waals surface area contributed by atoms with Crippen molar-refractivity contribution in [3.8, 4) is 0 Å². The van der Waals surface area contributed by atoms with Crippen LogP contribution in [-0.2, 0) is 6.42 Å². The maximum absolute atomic E-state index is 5.90. The van der Waals surface area contributed by atoms with Crippen LogP contribution < -0.4 is 5.32 Å². The minimum absolute atomic E-state index is 0.517. The van der Waals surface area contributed by atoms with E-state index in [-0.39, 0.29) is 0 Å². The van der Waals surface area contributed by atoms with Crippen LogP contribution in [0.3, 0.4) is 0 Å². The number of fused-ring (bicyclic) bond motifs is 1. The smallest absolute Gasteiger partial charge is 0.197 e. The van der Waals surface area contributed by atoms with Crippen LogP contribution in [0.25, 0.3) is 11.1 Å². The van der Waals surface area contributed by atoms with E-state index in [0.717, 1.165) is 30.0 Å². The maximum atomic E-state index is 5.90. The van der Waals surface area contributed by atoms with Gasteiger partial charge >= 0.3 is 0 Å². The van der Waals surface area contributed by atoms with Gasteiger partial charge in [-0.25, -0.2) is 4.98 Å². The molecule has 0 aliphatic carbocycles.